The van der Waals surface area contributed by atoms with Crippen LogP contribution >= 0.6 is 23.3 Å². The van der Waals surface area contributed by atoms with Gasteiger partial charge in [0.25, 0.3) is 5.56 Å². The number of benzene rings is 2. The lowest BCUT2D eigenvalue weighted by atomic mass is 10.1. The van der Waals surface area contributed by atoms with Crippen LogP contribution in [0.1, 0.15) is 22.8 Å². The predicted octanol–water partition coefficient (Wildman–Crippen LogP) is 4.30. The van der Waals surface area contributed by atoms with Gasteiger partial charge in [-0.05, 0) is 49.6 Å². The van der Waals surface area contributed by atoms with Crippen molar-refractivity contribution in [3.8, 4) is 11.3 Å². The molecule has 0 aliphatic carbocycles. The molecule has 0 fully saturated rings. The van der Waals surface area contributed by atoms with Crippen molar-refractivity contribution in [1.29, 1.82) is 0 Å². The number of hydrogen-bond acceptors (Lipinski definition) is 7. The van der Waals surface area contributed by atoms with E-state index in [1.165, 1.54) is 23.3 Å². The molecule has 0 radical (unpaired) electrons. The van der Waals surface area contributed by atoms with E-state index in [2.05, 4.69) is 14.7 Å². The highest BCUT2D eigenvalue weighted by molar-refractivity contribution is 7.99. The number of hydrogen-bond donors (Lipinski definition) is 1. The fourth-order valence-electron chi connectivity index (χ4n) is 3.08. The summed E-state index contributed by atoms with van der Waals surface area (Å²) in [4.78, 5) is 41.3. The molecule has 2 aromatic heterocycles. The van der Waals surface area contributed by atoms with Crippen LogP contribution in [0.25, 0.3) is 21.5 Å². The topological polar surface area (TPSA) is 94.0 Å². The van der Waals surface area contributed by atoms with E-state index in [-0.39, 0.29) is 23.0 Å². The fraction of sp³-hybridized carbons (Fsp3) is 0.174. The molecule has 1 N–H and O–H groups in total. The quantitative estimate of drug-likeness (QED) is 0.260. The first kappa shape index (κ1) is 21.9. The first-order chi connectivity index (χ1) is 15.3. The Kier molecular flexibility index (Phi) is 6.20. The van der Waals surface area contributed by atoms with E-state index in [1.807, 2.05) is 31.2 Å². The largest absolute Gasteiger partial charge is 0.325 e. The third kappa shape index (κ3) is 4.49. The predicted molar refractivity (Wildman–Crippen MR) is 129 cm³/mol. The maximum absolute atomic E-state index is 12.8. The zero-order valence-corrected chi connectivity index (χ0v) is 19.3. The fourth-order valence-corrected chi connectivity index (χ4v) is 4.67. The highest BCUT2D eigenvalue weighted by Crippen LogP contribution is 2.29. The summed E-state index contributed by atoms with van der Waals surface area (Å²) in [6.45, 7) is 3.50. The molecule has 162 valence electrons. The maximum atomic E-state index is 12.8. The Hall–Kier alpha value is -3.30. The van der Waals surface area contributed by atoms with Gasteiger partial charge >= 0.3 is 0 Å². The Balaban J connectivity index is 1.54. The van der Waals surface area contributed by atoms with E-state index in [1.54, 1.807) is 31.3 Å². The van der Waals surface area contributed by atoms with Gasteiger partial charge < -0.3 is 5.32 Å². The normalized spacial score (nSPS) is 11.0. The van der Waals surface area contributed by atoms with Crippen LogP contribution in [0.5, 0.6) is 0 Å². The number of aromatic nitrogens is 3. The molecule has 1 amide bonds. The summed E-state index contributed by atoms with van der Waals surface area (Å²) in [6.07, 6.45) is 0. The summed E-state index contributed by atoms with van der Waals surface area (Å²) in [5.74, 6) is -0.187. The van der Waals surface area contributed by atoms with E-state index in [4.69, 9.17) is 0 Å². The smallest absolute Gasteiger partial charge is 0.273 e. The lowest BCUT2D eigenvalue weighted by Crippen LogP contribution is -2.20. The Morgan fingerprint density at radius 3 is 2.44 bits per heavy atom. The maximum Gasteiger partial charge on any atom is 0.273 e. The van der Waals surface area contributed by atoms with Crippen molar-refractivity contribution in [3.05, 3.63) is 70.0 Å². The van der Waals surface area contributed by atoms with Crippen molar-refractivity contribution in [3.63, 3.8) is 0 Å². The van der Waals surface area contributed by atoms with Crippen LogP contribution in [0.2, 0.25) is 0 Å². The van der Waals surface area contributed by atoms with Gasteiger partial charge in [0.2, 0.25) is 5.91 Å². The van der Waals surface area contributed by atoms with Crippen molar-refractivity contribution in [2.75, 3.05) is 11.1 Å². The van der Waals surface area contributed by atoms with Crippen LogP contribution in [0.15, 0.2) is 58.5 Å². The third-order valence-corrected chi connectivity index (χ3v) is 6.75. The average Bonchev–Trinajstić information content (AvgIpc) is 3.20. The Morgan fingerprint density at radius 2 is 1.78 bits per heavy atom. The lowest BCUT2D eigenvalue weighted by Gasteiger charge is -2.08. The van der Waals surface area contributed by atoms with Crippen molar-refractivity contribution < 1.29 is 9.59 Å². The van der Waals surface area contributed by atoms with E-state index >= 15 is 0 Å². The number of thioether (sulfide) groups is 1. The van der Waals surface area contributed by atoms with E-state index in [0.717, 1.165) is 22.7 Å². The number of rotatable bonds is 6. The second-order valence-corrected chi connectivity index (χ2v) is 9.02. The summed E-state index contributed by atoms with van der Waals surface area (Å²) in [7, 11) is 1.64. The molecule has 0 bridgehead atoms. The molecule has 32 heavy (non-hydrogen) atoms. The number of nitrogens with zero attached hydrogens (tertiary/aromatic N) is 3. The Bertz CT molecular complexity index is 1370. The zero-order chi connectivity index (χ0) is 22.8. The van der Waals surface area contributed by atoms with Crippen LogP contribution in [-0.2, 0) is 11.8 Å². The Labute approximate surface area is 192 Å². The number of aryl methyl sites for hydroxylation is 1. The first-order valence-corrected chi connectivity index (χ1v) is 11.6. The number of anilines is 1. The molecule has 0 aliphatic rings. The zero-order valence-electron chi connectivity index (χ0n) is 17.7. The van der Waals surface area contributed by atoms with Crippen LogP contribution in [-0.4, -0.2) is 31.4 Å². The van der Waals surface area contributed by atoms with Crippen LogP contribution in [0.4, 0.5) is 5.69 Å². The van der Waals surface area contributed by atoms with Gasteiger partial charge in [0.05, 0.1) is 5.75 Å². The molecule has 0 atom stereocenters. The third-order valence-electron chi connectivity index (χ3n) is 4.89. The van der Waals surface area contributed by atoms with Gasteiger partial charge in [0.15, 0.2) is 10.9 Å². The second-order valence-electron chi connectivity index (χ2n) is 7.30. The molecule has 0 aliphatic heterocycles. The minimum atomic E-state index is -0.234. The molecule has 9 heteroatoms. The molecule has 4 rings (SSSR count). The van der Waals surface area contributed by atoms with E-state index in [0.29, 0.717) is 32.3 Å². The number of carbonyl (C=O) groups excluding carboxylic acids is 2. The molecule has 0 spiro atoms. The first-order valence-electron chi connectivity index (χ1n) is 9.80. The number of ketones is 1. The number of amides is 1. The molecule has 0 unspecified atom stereocenters. The van der Waals surface area contributed by atoms with Gasteiger partial charge in [-0.15, -0.1) is 0 Å². The van der Waals surface area contributed by atoms with Gasteiger partial charge in [0, 0.05) is 23.9 Å². The molecular weight excluding hydrogens is 444 g/mol. The molecular formula is C23H20N4O3S2. The number of Topliss-reactive ketones (excluding diaryl/α,β-unsaturated/α-hetero) is 1. The number of nitrogens with one attached hydrogen (secondary N) is 1. The molecule has 0 saturated heterocycles. The summed E-state index contributed by atoms with van der Waals surface area (Å²) in [5.41, 5.74) is 4.23. The standard InChI is InChI=1S/C23H20N4O3S2/c1-13-4-6-16(7-5-13)19-20-21(32-26-19)22(30)27(3)23(25-20)31-12-18(29)24-17-10-8-15(9-11-17)14(2)28/h4-11H,12H2,1-3H3,(H,24,29). The summed E-state index contributed by atoms with van der Waals surface area (Å²) >= 11 is 2.32. The van der Waals surface area contributed by atoms with Gasteiger partial charge in [-0.25, -0.2) is 4.98 Å². The minimum Gasteiger partial charge on any atom is -0.325 e. The SMILES string of the molecule is CC(=O)c1ccc(NC(=O)CSc2nc3c(-c4ccc(C)cc4)nsc3c(=O)n2C)cc1. The van der Waals surface area contributed by atoms with E-state index < -0.39 is 0 Å². The van der Waals surface area contributed by atoms with Gasteiger partial charge in [0.1, 0.15) is 15.9 Å². The minimum absolute atomic E-state index is 0.0336. The van der Waals surface area contributed by atoms with Gasteiger partial charge in [-0.2, -0.15) is 4.37 Å². The molecule has 0 saturated carbocycles. The van der Waals surface area contributed by atoms with Crippen LogP contribution in [0.3, 0.4) is 0 Å². The average molecular weight is 465 g/mol. The molecule has 7 nitrogen and oxygen atoms in total. The van der Waals surface area contributed by atoms with E-state index in [9.17, 15) is 14.4 Å². The molecule has 4 aromatic rings. The van der Waals surface area contributed by atoms with Crippen LogP contribution < -0.4 is 10.9 Å². The monoisotopic (exact) mass is 464 g/mol. The second kappa shape index (κ2) is 9.05. The van der Waals surface area contributed by atoms with Gasteiger partial charge in [-0.3, -0.25) is 19.0 Å². The molecule has 2 heterocycles. The molecule has 2 aromatic carbocycles. The summed E-state index contributed by atoms with van der Waals surface area (Å²) in [5, 5.41) is 3.23. The van der Waals surface area contributed by atoms with Crippen molar-refractivity contribution in [1.82, 2.24) is 13.9 Å². The van der Waals surface area contributed by atoms with Crippen molar-refractivity contribution >= 4 is 50.9 Å². The number of fused-ring (bicyclic) bond motifs is 1. The van der Waals surface area contributed by atoms with Crippen LogP contribution in [0, 0.1) is 6.92 Å². The van der Waals surface area contributed by atoms with Crippen molar-refractivity contribution in [2.24, 2.45) is 7.05 Å². The highest BCUT2D eigenvalue weighted by Gasteiger charge is 2.17. The van der Waals surface area contributed by atoms with Gasteiger partial charge in [-0.1, -0.05) is 41.6 Å². The number of carbonyl (C=O) groups is 2. The lowest BCUT2D eigenvalue weighted by molar-refractivity contribution is -0.113. The summed E-state index contributed by atoms with van der Waals surface area (Å²) < 4.78 is 6.39. The summed E-state index contributed by atoms with van der Waals surface area (Å²) in [6, 6.07) is 14.6. The van der Waals surface area contributed by atoms with Crippen molar-refractivity contribution in [2.45, 2.75) is 19.0 Å². The Morgan fingerprint density at radius 1 is 1.09 bits per heavy atom. The highest BCUT2D eigenvalue weighted by atomic mass is 32.2.